The van der Waals surface area contributed by atoms with Gasteiger partial charge in [-0.25, -0.2) is 8.42 Å². The van der Waals surface area contributed by atoms with Crippen molar-refractivity contribution in [3.05, 3.63) is 80.9 Å². The van der Waals surface area contributed by atoms with E-state index in [0.29, 0.717) is 29.0 Å². The number of hydrogen-bond acceptors (Lipinski definition) is 14. The average Bonchev–Trinajstić information content (AvgIpc) is 2.87. The van der Waals surface area contributed by atoms with Crippen molar-refractivity contribution in [1.29, 1.82) is 0 Å². The Morgan fingerprint density at radius 2 is 1.38 bits per heavy atom. The number of fused-ring (bicyclic) bond motifs is 1. The van der Waals surface area contributed by atoms with Crippen LogP contribution >= 0.6 is 0 Å². The first kappa shape index (κ1) is 36.0. The Kier molecular flexibility index (Phi) is 12.2. The Hall–Kier alpha value is -4.07. The zero-order valence-corrected chi connectivity index (χ0v) is 24.8. The van der Waals surface area contributed by atoms with Crippen LogP contribution in [0.3, 0.4) is 0 Å². The number of nitro groups is 2. The van der Waals surface area contributed by atoms with Crippen molar-refractivity contribution in [3.8, 4) is 17.2 Å². The summed E-state index contributed by atoms with van der Waals surface area (Å²) in [5.74, 6) is -2.77. The number of benzene rings is 4. The summed E-state index contributed by atoms with van der Waals surface area (Å²) in [6, 6.07) is 10.9. The molecule has 0 fully saturated rings. The maximum atomic E-state index is 12.3. The average molecular weight is 648 g/mol. The minimum atomic E-state index is -4.69. The van der Waals surface area contributed by atoms with Crippen LogP contribution in [-0.2, 0) is 27.2 Å². The van der Waals surface area contributed by atoms with Crippen molar-refractivity contribution >= 4 is 55.0 Å². The molecule has 0 saturated heterocycles. The van der Waals surface area contributed by atoms with Crippen LogP contribution in [-0.4, -0.2) is 33.4 Å². The first-order valence-electron chi connectivity index (χ1n) is 10.3. The summed E-state index contributed by atoms with van der Waals surface area (Å²) < 4.78 is 33.8. The fraction of sp³-hybridized carbons (Fsp3) is 0. The number of azo groups is 2. The van der Waals surface area contributed by atoms with Gasteiger partial charge >= 0.3 is 46.6 Å². The number of nitro benzene ring substituents is 2. The van der Waals surface area contributed by atoms with E-state index in [9.17, 15) is 48.5 Å². The van der Waals surface area contributed by atoms with Crippen LogP contribution in [0, 0.1) is 20.2 Å². The maximum Gasteiger partial charge on any atom is 2.00 e. The molecule has 0 heterocycles. The molecule has 4 rings (SSSR count). The van der Waals surface area contributed by atoms with Crippen molar-refractivity contribution in [2.75, 3.05) is 0 Å². The van der Waals surface area contributed by atoms with Gasteiger partial charge in [0.2, 0.25) is 0 Å². The van der Waals surface area contributed by atoms with E-state index in [1.165, 1.54) is 24.3 Å². The third-order valence-electron chi connectivity index (χ3n) is 5.15. The van der Waals surface area contributed by atoms with Crippen LogP contribution in [0.4, 0.5) is 34.1 Å². The molecule has 0 atom stereocenters. The standard InChI is InChI=1S/C22H14N6O10S.Fe.Na.H2O/c29-20-10-21(30)17(25-26-18-7-12(27(32)33)8-19(22(18)31)28(34)35)9-16(20)24-23-15-3-1-2-11-6-13(39(36,37)38)4-5-14(11)15;;;/h1-10,29-31H,(H,36,37,38);;;1H2/q;+2;+1;/p-3. The molecule has 0 saturated carbocycles. The number of non-ortho nitro benzene ring substituents is 1. The third-order valence-corrected chi connectivity index (χ3v) is 5.98. The van der Waals surface area contributed by atoms with E-state index in [1.807, 2.05) is 0 Å². The van der Waals surface area contributed by atoms with Crippen LogP contribution in [0.5, 0.6) is 17.2 Å². The van der Waals surface area contributed by atoms with E-state index in [4.69, 9.17) is 0 Å². The van der Waals surface area contributed by atoms with Gasteiger partial charge in [-0.15, -0.1) is 10.2 Å². The fourth-order valence-electron chi connectivity index (χ4n) is 3.31. The molecular formula is C22H13FeN6NaO11S. The number of hydrogen-bond donors (Lipinski definition) is 1. The summed E-state index contributed by atoms with van der Waals surface area (Å²) in [5.41, 5.74) is -3.25. The van der Waals surface area contributed by atoms with Crippen LogP contribution in [0.2, 0.25) is 0 Å². The number of phenolic OH excluding ortho intramolecular Hbond substituents is 1. The van der Waals surface area contributed by atoms with E-state index >= 15 is 0 Å². The molecule has 4 aromatic carbocycles. The molecule has 0 radical (unpaired) electrons. The minimum Gasteiger partial charge on any atom is -0.871 e. The topological polar surface area (TPSA) is 291 Å². The van der Waals surface area contributed by atoms with Crippen molar-refractivity contribution in [2.45, 2.75) is 4.90 Å². The monoisotopic (exact) mass is 648 g/mol. The van der Waals surface area contributed by atoms with Crippen molar-refractivity contribution < 1.29 is 90.2 Å². The first-order valence-corrected chi connectivity index (χ1v) is 11.8. The normalized spacial score (nSPS) is 11.1. The summed E-state index contributed by atoms with van der Waals surface area (Å²) in [6.45, 7) is 0. The van der Waals surface area contributed by atoms with Crippen LogP contribution in [0.15, 0.2) is 86.0 Å². The van der Waals surface area contributed by atoms with Crippen LogP contribution in [0.25, 0.3) is 10.8 Å². The van der Waals surface area contributed by atoms with Gasteiger partial charge in [-0.05, 0) is 35.7 Å². The molecule has 20 heteroatoms. The van der Waals surface area contributed by atoms with Gasteiger partial charge in [0.1, 0.15) is 21.6 Å². The van der Waals surface area contributed by atoms with Gasteiger partial charge < -0.3 is 25.3 Å². The van der Waals surface area contributed by atoms with Gasteiger partial charge in [0.15, 0.2) is 0 Å². The third kappa shape index (κ3) is 7.81. The molecule has 0 spiro atoms. The molecular weight excluding hydrogens is 635 g/mol. The smallest absolute Gasteiger partial charge is 0.871 e. The number of phenols is 1. The second-order valence-corrected chi connectivity index (χ2v) is 9.03. The molecule has 0 aliphatic carbocycles. The van der Waals surface area contributed by atoms with Gasteiger partial charge in [-0.1, -0.05) is 23.9 Å². The van der Waals surface area contributed by atoms with Gasteiger partial charge in [-0.2, -0.15) is 10.2 Å². The van der Waals surface area contributed by atoms with Gasteiger partial charge in [0.25, 0.3) is 11.4 Å². The maximum absolute atomic E-state index is 12.3. The molecule has 0 aliphatic heterocycles. The molecule has 17 nitrogen and oxygen atoms in total. The van der Waals surface area contributed by atoms with E-state index in [0.717, 1.165) is 18.2 Å². The molecule has 0 bridgehead atoms. The minimum absolute atomic E-state index is 0. The summed E-state index contributed by atoms with van der Waals surface area (Å²) in [6.07, 6.45) is 0. The summed E-state index contributed by atoms with van der Waals surface area (Å²) in [4.78, 5) is 19.6. The Balaban J connectivity index is 0.00000294. The Morgan fingerprint density at radius 1 is 0.762 bits per heavy atom. The number of aromatic hydroxyl groups is 1. The molecule has 0 aliphatic rings. The van der Waals surface area contributed by atoms with Gasteiger partial charge in [0, 0.05) is 17.2 Å². The van der Waals surface area contributed by atoms with Crippen molar-refractivity contribution in [1.82, 2.24) is 0 Å². The molecule has 42 heavy (non-hydrogen) atoms. The van der Waals surface area contributed by atoms with E-state index < -0.39 is 64.9 Å². The zero-order valence-electron chi connectivity index (χ0n) is 20.8. The second-order valence-electron chi connectivity index (χ2n) is 7.65. The summed E-state index contributed by atoms with van der Waals surface area (Å²) in [7, 11) is -4.69. The molecule has 3 N–H and O–H groups in total. The SMILES string of the molecule is O.O=[N+]([O-])c1cc(N=Nc2cc(N=Nc3cccc4cc(S(=O)(=O)[O-])ccc34)c([O-])cc2O)c([O-])c([N+](=O)[O-])c1.[Fe+2].[Na+]. The van der Waals surface area contributed by atoms with Crippen molar-refractivity contribution in [2.24, 2.45) is 20.5 Å². The van der Waals surface area contributed by atoms with E-state index in [1.54, 1.807) is 0 Å². The van der Waals surface area contributed by atoms with Crippen molar-refractivity contribution in [3.63, 3.8) is 0 Å². The largest absolute Gasteiger partial charge is 2.00 e. The molecule has 4 aromatic rings. The number of rotatable bonds is 7. The fourth-order valence-corrected chi connectivity index (χ4v) is 3.81. The molecule has 0 amide bonds. The molecule has 212 valence electrons. The van der Waals surface area contributed by atoms with Crippen LogP contribution in [0.1, 0.15) is 0 Å². The first-order chi connectivity index (χ1) is 18.3. The van der Waals surface area contributed by atoms with E-state index in [2.05, 4.69) is 20.5 Å². The number of nitrogens with zero attached hydrogens (tertiary/aromatic N) is 6. The zero-order chi connectivity index (χ0) is 28.5. The predicted octanol–water partition coefficient (Wildman–Crippen LogP) is 0.421. The predicted molar refractivity (Wildman–Crippen MR) is 131 cm³/mol. The van der Waals surface area contributed by atoms with E-state index in [-0.39, 0.29) is 63.5 Å². The van der Waals surface area contributed by atoms with Crippen LogP contribution < -0.4 is 39.8 Å². The quantitative estimate of drug-likeness (QED) is 0.0947. The summed E-state index contributed by atoms with van der Waals surface area (Å²) >= 11 is 0. The Labute approximate surface area is 267 Å². The summed E-state index contributed by atoms with van der Waals surface area (Å²) in [5, 5.41) is 72.3. The Morgan fingerprint density at radius 3 is 2.00 bits per heavy atom. The molecule has 0 unspecified atom stereocenters. The van der Waals surface area contributed by atoms with Gasteiger partial charge in [-0.3, -0.25) is 20.2 Å². The second kappa shape index (κ2) is 14.2. The van der Waals surface area contributed by atoms with Gasteiger partial charge in [0.05, 0.1) is 37.9 Å². The molecule has 0 aromatic heterocycles. The Bertz CT molecular complexity index is 1850.